The lowest BCUT2D eigenvalue weighted by molar-refractivity contribution is 0.537. The molecule has 122 valence electrons. The van der Waals surface area contributed by atoms with E-state index >= 15 is 0 Å². The number of fused-ring (bicyclic) bond motifs is 1. The molecule has 1 heterocycles. The van der Waals surface area contributed by atoms with Crippen molar-refractivity contribution in [3.05, 3.63) is 30.5 Å². The van der Waals surface area contributed by atoms with Gasteiger partial charge in [0.15, 0.2) is 0 Å². The quantitative estimate of drug-likeness (QED) is 0.496. The Labute approximate surface area is 135 Å². The van der Waals surface area contributed by atoms with Crippen molar-refractivity contribution in [2.75, 3.05) is 5.73 Å². The van der Waals surface area contributed by atoms with Gasteiger partial charge < -0.3 is 10.3 Å². The van der Waals surface area contributed by atoms with E-state index in [1.807, 2.05) is 0 Å². The largest absolute Gasteiger partial charge is 0.385 e. The fourth-order valence-electron chi connectivity index (χ4n) is 3.19. The molecule has 1 aromatic heterocycles. The lowest BCUT2D eigenvalue weighted by Gasteiger charge is -2.06. The van der Waals surface area contributed by atoms with Gasteiger partial charge in [0.1, 0.15) is 5.82 Å². The van der Waals surface area contributed by atoms with Crippen LogP contribution in [0.1, 0.15) is 71.1 Å². The third kappa shape index (κ3) is 5.08. The molecular weight excluding hydrogens is 268 g/mol. The summed E-state index contributed by atoms with van der Waals surface area (Å²) >= 11 is 0. The maximum absolute atomic E-state index is 6.22. The predicted octanol–water partition coefficient (Wildman–Crippen LogP) is 6.14. The third-order valence-corrected chi connectivity index (χ3v) is 4.59. The van der Waals surface area contributed by atoms with Crippen LogP contribution in [0.4, 0.5) is 5.82 Å². The van der Waals surface area contributed by atoms with Crippen LogP contribution >= 0.6 is 0 Å². The molecule has 0 amide bonds. The molecule has 0 unspecified atom stereocenters. The van der Waals surface area contributed by atoms with Crippen LogP contribution in [0.15, 0.2) is 30.5 Å². The Morgan fingerprint density at radius 2 is 1.41 bits per heavy atom. The van der Waals surface area contributed by atoms with Crippen molar-refractivity contribution < 1.29 is 0 Å². The van der Waals surface area contributed by atoms with Crippen LogP contribution in [0.25, 0.3) is 10.8 Å². The number of nitrogens with two attached hydrogens (primary N) is 1. The number of aryl methyl sites for hydroxylation is 1. The molecule has 0 bridgehead atoms. The molecule has 22 heavy (non-hydrogen) atoms. The summed E-state index contributed by atoms with van der Waals surface area (Å²) in [5.74, 6) is 0.923. The Bertz CT molecular complexity index is 542. The third-order valence-electron chi connectivity index (χ3n) is 4.59. The monoisotopic (exact) mass is 300 g/mol. The van der Waals surface area contributed by atoms with Crippen LogP contribution in [0.5, 0.6) is 0 Å². The first-order valence-electron chi connectivity index (χ1n) is 9.16. The second-order valence-electron chi connectivity index (χ2n) is 6.48. The molecule has 0 saturated heterocycles. The zero-order valence-corrected chi connectivity index (χ0v) is 14.2. The van der Waals surface area contributed by atoms with E-state index < -0.39 is 0 Å². The maximum atomic E-state index is 6.22. The summed E-state index contributed by atoms with van der Waals surface area (Å²) in [6.07, 6.45) is 16.0. The van der Waals surface area contributed by atoms with E-state index in [4.69, 9.17) is 5.73 Å². The molecule has 0 aliphatic rings. The highest BCUT2D eigenvalue weighted by molar-refractivity contribution is 5.92. The highest BCUT2D eigenvalue weighted by Gasteiger charge is 2.04. The smallest absolute Gasteiger partial charge is 0.111 e. The number of aromatic nitrogens is 1. The van der Waals surface area contributed by atoms with Gasteiger partial charge in [-0.2, -0.15) is 0 Å². The molecule has 2 aromatic rings. The molecule has 0 aliphatic carbocycles. The molecule has 2 heteroatoms. The predicted molar refractivity (Wildman–Crippen MR) is 98.2 cm³/mol. The van der Waals surface area contributed by atoms with E-state index in [9.17, 15) is 0 Å². The van der Waals surface area contributed by atoms with E-state index in [0.717, 1.165) is 12.4 Å². The number of hydrogen-bond acceptors (Lipinski definition) is 1. The second kappa shape index (κ2) is 9.55. The van der Waals surface area contributed by atoms with Gasteiger partial charge in [-0.3, -0.25) is 0 Å². The number of nitrogens with zero attached hydrogens (tertiary/aromatic N) is 1. The number of hydrogen-bond donors (Lipinski definition) is 1. The summed E-state index contributed by atoms with van der Waals surface area (Å²) in [4.78, 5) is 0. The van der Waals surface area contributed by atoms with Crippen molar-refractivity contribution in [2.24, 2.45) is 0 Å². The summed E-state index contributed by atoms with van der Waals surface area (Å²) in [6, 6.07) is 8.39. The lowest BCUT2D eigenvalue weighted by atomic mass is 10.1. The number of unbranched alkanes of at least 4 members (excludes halogenated alkanes) is 9. The molecule has 0 atom stereocenters. The number of benzene rings is 1. The standard InChI is InChI=1S/C20H32N2/c1-2-3-4-5-6-7-8-9-10-13-16-22-17-18-14-11-12-15-19(18)20(22)21/h11-12,14-15,17H,2-10,13,16,21H2,1H3. The topological polar surface area (TPSA) is 30.9 Å². The highest BCUT2D eigenvalue weighted by atomic mass is 15.0. The van der Waals surface area contributed by atoms with Gasteiger partial charge in [-0.25, -0.2) is 0 Å². The number of nitrogen functional groups attached to an aromatic ring is 1. The van der Waals surface area contributed by atoms with E-state index in [-0.39, 0.29) is 0 Å². The zero-order valence-electron chi connectivity index (χ0n) is 14.2. The van der Waals surface area contributed by atoms with Crippen LogP contribution in [0, 0.1) is 0 Å². The zero-order chi connectivity index (χ0) is 15.6. The van der Waals surface area contributed by atoms with Crippen molar-refractivity contribution in [3.63, 3.8) is 0 Å². The van der Waals surface area contributed by atoms with Crippen LogP contribution in [0.2, 0.25) is 0 Å². The average molecular weight is 300 g/mol. The van der Waals surface area contributed by atoms with Crippen molar-refractivity contribution >= 4 is 16.6 Å². The summed E-state index contributed by atoms with van der Waals surface area (Å²) < 4.78 is 2.22. The van der Waals surface area contributed by atoms with Crippen LogP contribution < -0.4 is 5.73 Å². The first kappa shape index (κ1) is 16.9. The van der Waals surface area contributed by atoms with Crippen molar-refractivity contribution in [1.29, 1.82) is 0 Å². The van der Waals surface area contributed by atoms with Gasteiger partial charge >= 0.3 is 0 Å². The molecule has 2 N–H and O–H groups in total. The Hall–Kier alpha value is -1.44. The fraction of sp³-hybridized carbons (Fsp3) is 0.600. The lowest BCUT2D eigenvalue weighted by Crippen LogP contribution is -2.01. The van der Waals surface area contributed by atoms with E-state index in [0.29, 0.717) is 0 Å². The van der Waals surface area contributed by atoms with Crippen LogP contribution in [-0.4, -0.2) is 4.57 Å². The molecule has 2 rings (SSSR count). The minimum Gasteiger partial charge on any atom is -0.385 e. The van der Waals surface area contributed by atoms with Gasteiger partial charge in [-0.15, -0.1) is 0 Å². The first-order chi connectivity index (χ1) is 10.8. The van der Waals surface area contributed by atoms with Crippen molar-refractivity contribution in [3.8, 4) is 0 Å². The molecule has 0 spiro atoms. The Kier molecular flexibility index (Phi) is 7.35. The SMILES string of the molecule is CCCCCCCCCCCCn1cc2ccccc2c1N. The van der Waals surface area contributed by atoms with Gasteiger partial charge in [0.25, 0.3) is 0 Å². The van der Waals surface area contributed by atoms with Crippen molar-refractivity contribution in [2.45, 2.75) is 77.7 Å². The normalized spacial score (nSPS) is 11.3. The summed E-state index contributed by atoms with van der Waals surface area (Å²) in [6.45, 7) is 3.33. The Balaban J connectivity index is 1.57. The molecule has 2 nitrogen and oxygen atoms in total. The molecule has 0 aliphatic heterocycles. The van der Waals surface area contributed by atoms with Gasteiger partial charge in [0.2, 0.25) is 0 Å². The molecule has 1 aromatic carbocycles. The number of anilines is 1. The molecule has 0 fully saturated rings. The summed E-state index contributed by atoms with van der Waals surface area (Å²) in [5.41, 5.74) is 6.22. The van der Waals surface area contributed by atoms with E-state index in [2.05, 4.69) is 42.0 Å². The number of rotatable bonds is 11. The second-order valence-corrected chi connectivity index (χ2v) is 6.48. The van der Waals surface area contributed by atoms with Gasteiger partial charge in [0, 0.05) is 23.5 Å². The minimum absolute atomic E-state index is 0.923. The van der Waals surface area contributed by atoms with Crippen LogP contribution in [-0.2, 0) is 6.54 Å². The fourth-order valence-corrected chi connectivity index (χ4v) is 3.19. The molecule has 0 radical (unpaired) electrons. The average Bonchev–Trinajstić information content (AvgIpc) is 2.86. The minimum atomic E-state index is 0.923. The summed E-state index contributed by atoms with van der Waals surface area (Å²) in [7, 11) is 0. The first-order valence-corrected chi connectivity index (χ1v) is 9.16. The Morgan fingerprint density at radius 3 is 2.05 bits per heavy atom. The van der Waals surface area contributed by atoms with Gasteiger partial charge in [-0.05, 0) is 6.42 Å². The van der Waals surface area contributed by atoms with E-state index in [1.165, 1.54) is 75.0 Å². The summed E-state index contributed by atoms with van der Waals surface area (Å²) in [5, 5.41) is 2.45. The van der Waals surface area contributed by atoms with Crippen molar-refractivity contribution in [1.82, 2.24) is 4.57 Å². The van der Waals surface area contributed by atoms with Gasteiger partial charge in [0.05, 0.1) is 0 Å². The molecule has 0 saturated carbocycles. The Morgan fingerprint density at radius 1 is 0.818 bits per heavy atom. The highest BCUT2D eigenvalue weighted by Crippen LogP contribution is 2.23. The molecular formula is C20H32N2. The maximum Gasteiger partial charge on any atom is 0.111 e. The van der Waals surface area contributed by atoms with E-state index in [1.54, 1.807) is 0 Å². The van der Waals surface area contributed by atoms with Crippen LogP contribution in [0.3, 0.4) is 0 Å². The van der Waals surface area contributed by atoms with Gasteiger partial charge in [-0.1, -0.05) is 89.0 Å².